The maximum absolute atomic E-state index is 13.6. The van der Waals surface area contributed by atoms with E-state index in [0.717, 1.165) is 32.4 Å². The molecule has 1 aliphatic heterocycles. The number of nitrogens with one attached hydrogen (secondary N) is 2. The summed E-state index contributed by atoms with van der Waals surface area (Å²) in [6.45, 7) is 4.62. The van der Waals surface area contributed by atoms with Gasteiger partial charge >= 0.3 is 0 Å². The first kappa shape index (κ1) is 21.8. The molecule has 2 aliphatic rings. The summed E-state index contributed by atoms with van der Waals surface area (Å²) in [4.78, 5) is 26.9. The van der Waals surface area contributed by atoms with Gasteiger partial charge in [-0.2, -0.15) is 0 Å². The van der Waals surface area contributed by atoms with Gasteiger partial charge in [0.1, 0.15) is 5.82 Å². The average Bonchev–Trinajstić information content (AvgIpc) is 2.71. The van der Waals surface area contributed by atoms with E-state index in [9.17, 15) is 14.0 Å². The Bertz CT molecular complexity index is 688. The van der Waals surface area contributed by atoms with Gasteiger partial charge in [-0.25, -0.2) is 4.39 Å². The first-order valence-electron chi connectivity index (χ1n) is 11.1. The first-order chi connectivity index (χ1) is 14.0. The fraction of sp³-hybridized carbons (Fsp3) is 0.652. The van der Waals surface area contributed by atoms with Crippen LogP contribution >= 0.6 is 0 Å². The maximum Gasteiger partial charge on any atom is 0.234 e. The van der Waals surface area contributed by atoms with Gasteiger partial charge in [0.25, 0.3) is 0 Å². The molecule has 6 heteroatoms. The molecular formula is C23H34FN3O2. The monoisotopic (exact) mass is 403 g/mol. The predicted octanol–water partition coefficient (Wildman–Crippen LogP) is 2.89. The van der Waals surface area contributed by atoms with Crippen molar-refractivity contribution in [1.29, 1.82) is 0 Å². The van der Waals surface area contributed by atoms with E-state index in [0.29, 0.717) is 37.0 Å². The number of benzene rings is 1. The van der Waals surface area contributed by atoms with Crippen molar-refractivity contribution in [2.75, 3.05) is 26.2 Å². The van der Waals surface area contributed by atoms with Crippen LogP contribution in [-0.4, -0.2) is 48.9 Å². The van der Waals surface area contributed by atoms with Crippen LogP contribution in [0, 0.1) is 17.7 Å². The third kappa shape index (κ3) is 6.53. The molecule has 0 unspecified atom stereocenters. The van der Waals surface area contributed by atoms with Crippen molar-refractivity contribution in [3.05, 3.63) is 35.6 Å². The molecule has 0 radical (unpaired) electrons. The quantitative estimate of drug-likeness (QED) is 0.736. The minimum atomic E-state index is -0.226. The summed E-state index contributed by atoms with van der Waals surface area (Å²) in [5.74, 6) is 0.466. The van der Waals surface area contributed by atoms with Crippen LogP contribution in [0.3, 0.4) is 0 Å². The molecule has 2 atom stereocenters. The highest BCUT2D eigenvalue weighted by molar-refractivity contribution is 5.79. The number of nitrogens with zero attached hydrogens (tertiary/aromatic N) is 1. The first-order valence-corrected chi connectivity index (χ1v) is 11.1. The highest BCUT2D eigenvalue weighted by Crippen LogP contribution is 2.24. The van der Waals surface area contributed by atoms with E-state index in [-0.39, 0.29) is 23.5 Å². The molecule has 2 fully saturated rings. The lowest BCUT2D eigenvalue weighted by molar-refractivity contribution is -0.127. The van der Waals surface area contributed by atoms with E-state index in [4.69, 9.17) is 0 Å². The lowest BCUT2D eigenvalue weighted by Crippen LogP contribution is -2.48. The normalized spacial score (nSPS) is 23.5. The molecule has 2 N–H and O–H groups in total. The fourth-order valence-electron chi connectivity index (χ4n) is 4.51. The van der Waals surface area contributed by atoms with Crippen molar-refractivity contribution in [2.24, 2.45) is 11.8 Å². The molecule has 29 heavy (non-hydrogen) atoms. The van der Waals surface area contributed by atoms with Gasteiger partial charge in [0.2, 0.25) is 11.8 Å². The van der Waals surface area contributed by atoms with Crippen LogP contribution < -0.4 is 10.6 Å². The minimum Gasteiger partial charge on any atom is -0.356 e. The smallest absolute Gasteiger partial charge is 0.234 e. The van der Waals surface area contributed by atoms with Crippen LogP contribution in [0.4, 0.5) is 4.39 Å². The number of hydrogen-bond acceptors (Lipinski definition) is 3. The van der Waals surface area contributed by atoms with Gasteiger partial charge in [0.15, 0.2) is 0 Å². The van der Waals surface area contributed by atoms with E-state index in [1.165, 1.54) is 25.3 Å². The van der Waals surface area contributed by atoms with Gasteiger partial charge in [-0.15, -0.1) is 0 Å². The Labute approximate surface area is 173 Å². The third-order valence-electron chi connectivity index (χ3n) is 6.43. The molecule has 3 rings (SSSR count). The number of carbonyl (C=O) groups excluding carboxylic acids is 2. The molecule has 1 aromatic carbocycles. The minimum absolute atomic E-state index is 0.0201. The van der Waals surface area contributed by atoms with Crippen LogP contribution in [0.25, 0.3) is 0 Å². The topological polar surface area (TPSA) is 61.4 Å². The Kier molecular flexibility index (Phi) is 8.04. The highest BCUT2D eigenvalue weighted by Gasteiger charge is 2.27. The van der Waals surface area contributed by atoms with Crippen molar-refractivity contribution in [1.82, 2.24) is 15.5 Å². The Morgan fingerprint density at radius 3 is 2.55 bits per heavy atom. The molecule has 1 saturated heterocycles. The summed E-state index contributed by atoms with van der Waals surface area (Å²) < 4.78 is 13.6. The third-order valence-corrected chi connectivity index (χ3v) is 6.43. The Morgan fingerprint density at radius 2 is 1.83 bits per heavy atom. The van der Waals surface area contributed by atoms with Crippen molar-refractivity contribution in [3.63, 3.8) is 0 Å². The highest BCUT2D eigenvalue weighted by atomic mass is 19.1. The lowest BCUT2D eigenvalue weighted by Gasteiger charge is -2.33. The van der Waals surface area contributed by atoms with Gasteiger partial charge in [-0.1, -0.05) is 38.0 Å². The molecule has 1 aliphatic carbocycles. The summed E-state index contributed by atoms with van der Waals surface area (Å²) in [5.41, 5.74) is 0.626. The molecule has 1 heterocycles. The van der Waals surface area contributed by atoms with Gasteiger partial charge in [0, 0.05) is 18.5 Å². The molecule has 2 amide bonds. The summed E-state index contributed by atoms with van der Waals surface area (Å²) in [5, 5.41) is 6.15. The summed E-state index contributed by atoms with van der Waals surface area (Å²) >= 11 is 0. The van der Waals surface area contributed by atoms with Crippen molar-refractivity contribution < 1.29 is 14.0 Å². The van der Waals surface area contributed by atoms with E-state index < -0.39 is 0 Å². The van der Waals surface area contributed by atoms with Crippen LogP contribution in [0.1, 0.15) is 51.0 Å². The van der Waals surface area contributed by atoms with E-state index in [1.807, 2.05) is 0 Å². The Balaban J connectivity index is 1.33. The standard InChI is InChI=1S/C23H34FN3O2/c1-17-6-2-5-9-21(17)26-22(28)16-27-14-11-19(12-15-27)23(29)25-13-10-18-7-3-4-8-20(18)24/h3-4,7-8,17,19,21H,2,5-6,9-16H2,1H3,(H,25,29)(H,26,28)/t17-,21+/m0/s1. The van der Waals surface area contributed by atoms with Crippen LogP contribution in [-0.2, 0) is 16.0 Å². The van der Waals surface area contributed by atoms with Crippen LogP contribution in [0.5, 0.6) is 0 Å². The summed E-state index contributed by atoms with van der Waals surface area (Å²) in [7, 11) is 0. The molecule has 0 bridgehead atoms. The average molecular weight is 404 g/mol. The van der Waals surface area contributed by atoms with Gasteiger partial charge in [-0.3, -0.25) is 14.5 Å². The van der Waals surface area contributed by atoms with E-state index in [1.54, 1.807) is 18.2 Å². The summed E-state index contributed by atoms with van der Waals surface area (Å²) in [6, 6.07) is 6.98. The Hall–Kier alpha value is -1.95. The number of halogens is 1. The molecule has 5 nitrogen and oxygen atoms in total. The zero-order valence-corrected chi connectivity index (χ0v) is 17.5. The van der Waals surface area contributed by atoms with Gasteiger partial charge < -0.3 is 10.6 Å². The zero-order valence-electron chi connectivity index (χ0n) is 17.5. The molecule has 1 aromatic rings. The molecule has 1 saturated carbocycles. The molecular weight excluding hydrogens is 369 g/mol. The van der Waals surface area contributed by atoms with E-state index in [2.05, 4.69) is 22.5 Å². The largest absolute Gasteiger partial charge is 0.356 e. The maximum atomic E-state index is 13.6. The van der Waals surface area contributed by atoms with Crippen LogP contribution in [0.2, 0.25) is 0 Å². The van der Waals surface area contributed by atoms with Crippen molar-refractivity contribution >= 4 is 11.8 Å². The van der Waals surface area contributed by atoms with Gasteiger partial charge in [-0.05, 0) is 62.7 Å². The zero-order chi connectivity index (χ0) is 20.6. The molecule has 160 valence electrons. The second-order valence-corrected chi connectivity index (χ2v) is 8.62. The fourth-order valence-corrected chi connectivity index (χ4v) is 4.51. The second kappa shape index (κ2) is 10.7. The number of hydrogen-bond donors (Lipinski definition) is 2. The number of likely N-dealkylation sites (tertiary alicyclic amines) is 1. The number of rotatable bonds is 7. The number of carbonyl (C=O) groups is 2. The lowest BCUT2D eigenvalue weighted by atomic mass is 9.86. The van der Waals surface area contributed by atoms with Crippen molar-refractivity contribution in [2.45, 2.75) is 57.9 Å². The summed E-state index contributed by atoms with van der Waals surface area (Å²) in [6.07, 6.45) is 6.77. The van der Waals surface area contributed by atoms with Crippen LogP contribution in [0.15, 0.2) is 24.3 Å². The number of piperidine rings is 1. The van der Waals surface area contributed by atoms with Crippen molar-refractivity contribution in [3.8, 4) is 0 Å². The number of amides is 2. The predicted molar refractivity (Wildman–Crippen MR) is 112 cm³/mol. The SMILES string of the molecule is C[C@H]1CCCC[C@H]1NC(=O)CN1CCC(C(=O)NCCc2ccccc2F)CC1. The molecule has 0 aromatic heterocycles. The van der Waals surface area contributed by atoms with E-state index >= 15 is 0 Å². The van der Waals surface area contributed by atoms with Gasteiger partial charge in [0.05, 0.1) is 6.54 Å². The second-order valence-electron chi connectivity index (χ2n) is 8.62. The Morgan fingerprint density at radius 1 is 1.10 bits per heavy atom. The molecule has 0 spiro atoms.